The maximum absolute atomic E-state index is 12.6. The Morgan fingerprint density at radius 3 is 1.30 bits per heavy atom. The van der Waals surface area contributed by atoms with Gasteiger partial charge in [-0.3, -0.25) is 28.8 Å². The standard InChI is InChI=1S/C23H29NO2Si.C21H30O2.C20H21NO2.C15H19NOSi.C14H22OSi.C14H24Si/c1-21(2)18-7-10-23(11-12-27(4,5)6)14-16(15-24)17(25)13-19(23)22(18,3)9-8-20(21)26;1-5-20-10-7-6-8-17(20)19(4)12-13-21(22-14-15-23-21)18(2,3)16(19)9-11-20;1-5-20-9-6-15-18(2,3)17(23)7-8-19(15,4)16(20)10-14(22)13(11-20)12-21;1-6-15(7-8-18(3,4)5)10-13(11-16)14(17)9-12(15)2;1-6-14(9-10-16(3,4)5)8-7-13(15)11-12(14)2;1-6-14(11-12-15(3,4)5)10-8-7-9-13(14)2/h13-14,18H,7-10H2,1-6H3;1,8,16H,6-7,9-15H2,2-4H3;1,10-11,15H,6-9H2,2-4H3;9-10H,6H2,1-5H3;11H,6-8H2,1-5H3;9H,6-8,10H2,1-5H3/t18-,22-,23+;16-,19-,20+;15-,19-,20-;15-;2*14-/m000100/s1. The van der Waals surface area contributed by atoms with E-state index in [1.54, 1.807) is 42.0 Å². The first-order valence-electron chi connectivity index (χ1n) is 45.6. The molecule has 7 fully saturated rings. The van der Waals surface area contributed by atoms with Crippen LogP contribution in [0.3, 0.4) is 0 Å². The van der Waals surface area contributed by atoms with Gasteiger partial charge >= 0.3 is 0 Å². The van der Waals surface area contributed by atoms with Gasteiger partial charge in [0.25, 0.3) is 0 Å². The van der Waals surface area contributed by atoms with Crippen LogP contribution in [0, 0.1) is 187 Å². The molecule has 6 saturated carbocycles. The molecule has 1 heterocycles. The lowest BCUT2D eigenvalue weighted by molar-refractivity contribution is -0.284. The number of terminal acetylenes is 2. The van der Waals surface area contributed by atoms with Crippen LogP contribution in [0.4, 0.5) is 0 Å². The predicted molar refractivity (Wildman–Crippen MR) is 507 cm³/mol. The van der Waals surface area contributed by atoms with Crippen LogP contribution in [0.2, 0.25) is 78.6 Å². The molecule has 12 atom stereocenters. The van der Waals surface area contributed by atoms with Crippen LogP contribution in [-0.2, 0) is 38.2 Å². The largest absolute Gasteiger partial charge is 0.347 e. The maximum Gasteiger partial charge on any atom is 0.196 e. The molecule has 1 spiro atoms. The second kappa shape index (κ2) is 36.7. The van der Waals surface area contributed by atoms with Crippen molar-refractivity contribution in [1.82, 2.24) is 0 Å². The Hall–Kier alpha value is -7.70. The van der Waals surface area contributed by atoms with E-state index in [0.29, 0.717) is 43.2 Å². The molecular formula is C107H145N3O8Si4. The molecule has 13 rings (SSSR count). The molecule has 0 aromatic rings. The Kier molecular flexibility index (Phi) is 30.0. The minimum absolute atomic E-state index is 0.0197. The number of allylic oxidation sites excluding steroid dienone is 18. The number of hydrogen-bond acceptors (Lipinski definition) is 11. The number of ketones is 6. The monoisotopic (exact) mass is 1710 g/mol. The third-order valence-electron chi connectivity index (χ3n) is 30.7. The Morgan fingerprint density at radius 1 is 0.418 bits per heavy atom. The van der Waals surface area contributed by atoms with Crippen LogP contribution >= 0.6 is 0 Å². The zero-order valence-electron chi connectivity index (χ0n) is 79.9. The van der Waals surface area contributed by atoms with Crippen LogP contribution in [0.1, 0.15) is 252 Å². The first-order chi connectivity index (χ1) is 56.4. The minimum atomic E-state index is -1.62. The van der Waals surface area contributed by atoms with Crippen molar-refractivity contribution in [3.63, 3.8) is 0 Å². The number of carbonyl (C=O) groups is 6. The van der Waals surface area contributed by atoms with Gasteiger partial charge in [0.15, 0.2) is 28.9 Å². The lowest BCUT2D eigenvalue weighted by Gasteiger charge is -2.64. The van der Waals surface area contributed by atoms with Crippen LogP contribution in [0.5, 0.6) is 0 Å². The minimum Gasteiger partial charge on any atom is -0.347 e. The van der Waals surface area contributed by atoms with Gasteiger partial charge in [-0.1, -0.05) is 220 Å². The van der Waals surface area contributed by atoms with E-state index < -0.39 is 59.4 Å². The molecule has 0 unspecified atom stereocenters. The van der Waals surface area contributed by atoms with Crippen LogP contribution < -0.4 is 0 Å². The van der Waals surface area contributed by atoms with Crippen molar-refractivity contribution in [1.29, 1.82) is 15.8 Å². The van der Waals surface area contributed by atoms with E-state index in [0.717, 1.165) is 106 Å². The highest BCUT2D eigenvalue weighted by atomic mass is 28.3. The van der Waals surface area contributed by atoms with Gasteiger partial charge < -0.3 is 9.47 Å². The van der Waals surface area contributed by atoms with E-state index in [9.17, 15) is 39.3 Å². The van der Waals surface area contributed by atoms with Gasteiger partial charge in [-0.2, -0.15) is 15.8 Å². The number of carbonyl (C=O) groups excluding carboxylic acids is 6. The van der Waals surface area contributed by atoms with E-state index in [4.69, 9.17) is 27.6 Å². The van der Waals surface area contributed by atoms with Crippen molar-refractivity contribution in [2.24, 2.45) is 82.7 Å². The number of nitriles is 3. The second-order valence-corrected chi connectivity index (χ2v) is 63.1. The van der Waals surface area contributed by atoms with Crippen molar-refractivity contribution in [3.8, 4) is 88.8 Å². The summed E-state index contributed by atoms with van der Waals surface area (Å²) in [5.41, 5.74) is 19.2. The smallest absolute Gasteiger partial charge is 0.196 e. The van der Waals surface area contributed by atoms with Crippen molar-refractivity contribution in [3.05, 3.63) is 105 Å². The summed E-state index contributed by atoms with van der Waals surface area (Å²) in [6.45, 7) is 60.8. The maximum atomic E-state index is 12.6. The normalized spacial score (nSPS) is 33.4. The van der Waals surface area contributed by atoms with Gasteiger partial charge in [0, 0.05) is 41.9 Å². The number of hydrogen-bond donors (Lipinski definition) is 0. The zero-order chi connectivity index (χ0) is 91.5. The summed E-state index contributed by atoms with van der Waals surface area (Å²) in [6, 6.07) is 6.01. The van der Waals surface area contributed by atoms with Crippen LogP contribution in [0.15, 0.2) is 105 Å². The molecule has 652 valence electrons. The highest BCUT2D eigenvalue weighted by molar-refractivity contribution is 6.85. The van der Waals surface area contributed by atoms with Gasteiger partial charge in [0.05, 0.1) is 62.4 Å². The van der Waals surface area contributed by atoms with Gasteiger partial charge in [-0.15, -0.1) is 35.0 Å². The molecule has 1 saturated heterocycles. The Balaban J connectivity index is 0.000000184. The summed E-state index contributed by atoms with van der Waals surface area (Å²) in [7, 11) is -5.63. The van der Waals surface area contributed by atoms with E-state index >= 15 is 0 Å². The first kappa shape index (κ1) is 99.7. The highest BCUT2D eigenvalue weighted by Crippen LogP contribution is 2.70. The summed E-state index contributed by atoms with van der Waals surface area (Å²) in [4.78, 5) is 72.9. The van der Waals surface area contributed by atoms with E-state index in [1.165, 1.54) is 56.9 Å². The van der Waals surface area contributed by atoms with Crippen molar-refractivity contribution < 1.29 is 38.2 Å². The second-order valence-electron chi connectivity index (χ2n) is 44.1. The average Bonchev–Trinajstić information content (AvgIpc) is 0.933. The Labute approximate surface area is 741 Å². The molecule has 1 aliphatic heterocycles. The first-order valence-corrected chi connectivity index (χ1v) is 59.6. The highest BCUT2D eigenvalue weighted by Gasteiger charge is 2.67. The molecule has 11 nitrogen and oxygen atoms in total. The summed E-state index contributed by atoms with van der Waals surface area (Å²) in [5.74, 6) is 20.8. The Bertz CT molecular complexity index is 5020. The molecule has 13 aliphatic rings. The molecule has 0 bridgehead atoms. The fourth-order valence-corrected chi connectivity index (χ4v) is 25.5. The molecule has 0 aromatic carbocycles. The third kappa shape index (κ3) is 20.1. The van der Waals surface area contributed by atoms with Crippen molar-refractivity contribution in [2.45, 2.75) is 336 Å². The molecule has 12 aliphatic carbocycles. The Morgan fingerprint density at radius 2 is 0.844 bits per heavy atom. The number of Topliss-reactive ketones (excluding diaryl/α,β-unsaturated/α-hetero) is 2. The molecule has 0 aromatic heterocycles. The molecule has 0 amide bonds. The fraction of sp³-hybridized carbons (Fsp3) is 0.636. The SMILES string of the molecule is C#C[C@]12C=C(C#N)C(=O)C=C1[C@@]1(C)CCC(=O)C(C)(C)[C@@H]1CC2.C#C[C@]12CCCC=C1[C@@]1(C)CCC3(OCCO3)C(C)(C)[C@@H]1CC2.CC1(C)C(=O)CC[C@]2(C)C3=CC(=O)C(C#N)=C[C@]3(C#C[Si](C)(C)C)CC[C@@H]12.CC[C@@]1(C#C[Si](C)(C)C)C=C(C#N)C(=O)C=C1C.CC[C@@]1(C#C[Si](C)(C)C)CCC(=O)C=C1C.CC[C@@]1(C#C[Si](C)(C)C)CCCC=C1C. The van der Waals surface area contributed by atoms with Crippen molar-refractivity contribution in [2.75, 3.05) is 13.2 Å². The molecule has 0 radical (unpaired) electrons. The molecular weight excluding hydrogens is 1570 g/mol. The number of ether oxygens (including phenoxy) is 2. The van der Waals surface area contributed by atoms with Gasteiger partial charge in [-0.25, -0.2) is 0 Å². The summed E-state index contributed by atoms with van der Waals surface area (Å²) >= 11 is 0. The van der Waals surface area contributed by atoms with E-state index in [2.05, 4.69) is 231 Å². The summed E-state index contributed by atoms with van der Waals surface area (Å²) < 4.78 is 12.4. The van der Waals surface area contributed by atoms with Gasteiger partial charge in [0.1, 0.15) is 62.1 Å². The molecule has 122 heavy (non-hydrogen) atoms. The zero-order valence-corrected chi connectivity index (χ0v) is 83.9. The number of fused-ring (bicyclic) bond motifs is 9. The molecule has 0 N–H and O–H groups in total. The molecule has 15 heteroatoms. The fourth-order valence-electron chi connectivity index (χ4n) is 23.1. The average molecular weight is 1710 g/mol. The summed E-state index contributed by atoms with van der Waals surface area (Å²) in [5, 5.41) is 27.6. The summed E-state index contributed by atoms with van der Waals surface area (Å²) in [6.07, 6.45) is 50.9. The van der Waals surface area contributed by atoms with Crippen LogP contribution in [-0.4, -0.2) is 86.0 Å². The lowest BCUT2D eigenvalue weighted by atomic mass is 9.43. The predicted octanol–water partition coefficient (Wildman–Crippen LogP) is 23.9. The third-order valence-corrected chi connectivity index (χ3v) is 34.2. The topological polar surface area (TPSA) is 192 Å². The van der Waals surface area contributed by atoms with Gasteiger partial charge in [0.2, 0.25) is 0 Å². The quantitative estimate of drug-likeness (QED) is 0.148. The number of rotatable bonds is 3. The number of nitrogens with zero attached hydrogens (tertiary/aromatic N) is 3. The van der Waals surface area contributed by atoms with Crippen LogP contribution in [0.25, 0.3) is 0 Å². The lowest BCUT2D eigenvalue weighted by Crippen LogP contribution is -2.61. The van der Waals surface area contributed by atoms with Gasteiger partial charge in [-0.05, 0) is 242 Å². The van der Waals surface area contributed by atoms with E-state index in [1.807, 2.05) is 45.9 Å². The van der Waals surface area contributed by atoms with E-state index in [-0.39, 0.29) is 95.4 Å². The van der Waals surface area contributed by atoms with Crippen molar-refractivity contribution >= 4 is 67.0 Å².